The van der Waals surface area contributed by atoms with E-state index in [9.17, 15) is 4.79 Å². The molecule has 0 saturated carbocycles. The summed E-state index contributed by atoms with van der Waals surface area (Å²) in [7, 11) is 1.62. The second-order valence-corrected chi connectivity index (χ2v) is 7.91. The van der Waals surface area contributed by atoms with Crippen molar-refractivity contribution in [3.05, 3.63) is 76.8 Å². The monoisotopic (exact) mass is 416 g/mol. The summed E-state index contributed by atoms with van der Waals surface area (Å²) in [5.74, 6) is 2.08. The predicted octanol–water partition coefficient (Wildman–Crippen LogP) is 4.20. The largest absolute Gasteiger partial charge is 0.493 e. The number of fused-ring (bicyclic) bond motifs is 1. The van der Waals surface area contributed by atoms with E-state index in [1.54, 1.807) is 11.8 Å². The van der Waals surface area contributed by atoms with Crippen LogP contribution in [-0.4, -0.2) is 27.7 Å². The summed E-state index contributed by atoms with van der Waals surface area (Å²) in [5.41, 5.74) is 4.92. The van der Waals surface area contributed by atoms with E-state index in [0.717, 1.165) is 35.2 Å². The lowest BCUT2D eigenvalue weighted by molar-refractivity contribution is -0.116. The van der Waals surface area contributed by atoms with Crippen molar-refractivity contribution in [1.82, 2.24) is 14.8 Å². The van der Waals surface area contributed by atoms with Crippen molar-refractivity contribution in [2.45, 2.75) is 38.8 Å². The number of benzene rings is 2. The molecular weight excluding hydrogens is 392 g/mol. The molecule has 2 aliphatic rings. The van der Waals surface area contributed by atoms with E-state index in [2.05, 4.69) is 46.6 Å². The van der Waals surface area contributed by atoms with E-state index in [1.807, 2.05) is 18.2 Å². The van der Waals surface area contributed by atoms with Gasteiger partial charge in [-0.3, -0.25) is 4.79 Å². The average Bonchev–Trinajstić information content (AvgIpc) is 3.25. The van der Waals surface area contributed by atoms with Crippen LogP contribution in [0, 0.1) is 6.92 Å². The molecule has 0 bridgehead atoms. The minimum Gasteiger partial charge on any atom is -0.493 e. The Kier molecular flexibility index (Phi) is 4.94. The van der Waals surface area contributed by atoms with E-state index < -0.39 is 0 Å². The fraction of sp³-hybridized carbons (Fsp3) is 0.292. The van der Waals surface area contributed by atoms with Gasteiger partial charge in [-0.05, 0) is 43.0 Å². The molecule has 3 aromatic rings. The number of anilines is 1. The minimum absolute atomic E-state index is 0.151. The molecule has 158 valence electrons. The number of hydrogen-bond acceptors (Lipinski definition) is 6. The lowest BCUT2D eigenvalue weighted by atomic mass is 9.85. The smallest absolute Gasteiger partial charge is 0.226 e. The van der Waals surface area contributed by atoms with Crippen molar-refractivity contribution in [3.63, 3.8) is 0 Å². The molecule has 0 spiro atoms. The first-order valence-electron chi connectivity index (χ1n) is 10.4. The number of allylic oxidation sites excluding steroid dienone is 2. The third-order valence-corrected chi connectivity index (χ3v) is 5.83. The Hall–Kier alpha value is -3.61. The van der Waals surface area contributed by atoms with Gasteiger partial charge in [0.25, 0.3) is 0 Å². The Labute approximate surface area is 180 Å². The molecule has 7 nitrogen and oxygen atoms in total. The fourth-order valence-electron chi connectivity index (χ4n) is 4.22. The Morgan fingerprint density at radius 1 is 1.13 bits per heavy atom. The lowest BCUT2D eigenvalue weighted by Gasteiger charge is -2.32. The predicted molar refractivity (Wildman–Crippen MR) is 116 cm³/mol. The number of carbonyl (C=O) groups is 1. The van der Waals surface area contributed by atoms with Crippen molar-refractivity contribution in [3.8, 4) is 11.5 Å². The highest BCUT2D eigenvalue weighted by molar-refractivity contribution is 5.99. The molecule has 1 aliphatic carbocycles. The number of rotatable bonds is 5. The van der Waals surface area contributed by atoms with Gasteiger partial charge in [-0.15, -0.1) is 0 Å². The molecule has 1 aliphatic heterocycles. The number of methoxy groups -OCH3 is 1. The van der Waals surface area contributed by atoms with E-state index in [0.29, 0.717) is 30.5 Å². The fourth-order valence-corrected chi connectivity index (χ4v) is 4.22. The Morgan fingerprint density at radius 3 is 2.77 bits per heavy atom. The number of hydrogen-bond donors (Lipinski definition) is 1. The van der Waals surface area contributed by atoms with Crippen LogP contribution in [0.25, 0.3) is 0 Å². The summed E-state index contributed by atoms with van der Waals surface area (Å²) in [6.07, 6.45) is 3.74. The van der Waals surface area contributed by atoms with Crippen LogP contribution in [0.1, 0.15) is 42.0 Å². The summed E-state index contributed by atoms with van der Waals surface area (Å²) in [5, 5.41) is 7.67. The topological polar surface area (TPSA) is 78.3 Å². The number of aromatic nitrogens is 3. The zero-order chi connectivity index (χ0) is 21.4. The maximum absolute atomic E-state index is 12.8. The van der Waals surface area contributed by atoms with Crippen LogP contribution in [0.3, 0.4) is 0 Å². The molecule has 2 aromatic carbocycles. The van der Waals surface area contributed by atoms with Gasteiger partial charge in [-0.25, -0.2) is 4.68 Å². The summed E-state index contributed by atoms with van der Waals surface area (Å²) < 4.78 is 13.4. The van der Waals surface area contributed by atoms with Gasteiger partial charge in [0.2, 0.25) is 5.95 Å². The normalized spacial score (nSPS) is 17.6. The highest BCUT2D eigenvalue weighted by Gasteiger charge is 2.36. The summed E-state index contributed by atoms with van der Waals surface area (Å²) in [4.78, 5) is 17.2. The number of nitrogens with zero attached hydrogens (tertiary/aromatic N) is 3. The highest BCUT2D eigenvalue weighted by atomic mass is 16.5. The van der Waals surface area contributed by atoms with E-state index in [4.69, 9.17) is 9.47 Å². The van der Waals surface area contributed by atoms with Gasteiger partial charge in [-0.1, -0.05) is 35.9 Å². The maximum Gasteiger partial charge on any atom is 0.226 e. The lowest BCUT2D eigenvalue weighted by Crippen LogP contribution is -2.31. The van der Waals surface area contributed by atoms with Crippen LogP contribution in [0.2, 0.25) is 0 Å². The third kappa shape index (κ3) is 3.56. The Balaban J connectivity index is 1.48. The minimum atomic E-state index is -0.332. The SMILES string of the molecule is COc1cc([C@@H]2C3=C(CCCC3=O)Nc3ncnn32)ccc1OCc1ccc(C)cc1. The second-order valence-electron chi connectivity index (χ2n) is 7.91. The zero-order valence-corrected chi connectivity index (χ0v) is 17.6. The molecule has 0 unspecified atom stereocenters. The number of ketones is 1. The van der Waals surface area contributed by atoms with Crippen LogP contribution in [-0.2, 0) is 11.4 Å². The molecule has 1 N–H and O–H groups in total. The van der Waals surface area contributed by atoms with Crippen molar-refractivity contribution in [2.24, 2.45) is 0 Å². The Morgan fingerprint density at radius 2 is 1.97 bits per heavy atom. The van der Waals surface area contributed by atoms with E-state index >= 15 is 0 Å². The van der Waals surface area contributed by atoms with Crippen LogP contribution >= 0.6 is 0 Å². The van der Waals surface area contributed by atoms with Crippen molar-refractivity contribution in [1.29, 1.82) is 0 Å². The number of carbonyl (C=O) groups excluding carboxylic acids is 1. The molecule has 0 fully saturated rings. The van der Waals surface area contributed by atoms with Gasteiger partial charge in [0.05, 0.1) is 7.11 Å². The van der Waals surface area contributed by atoms with Crippen molar-refractivity contribution in [2.75, 3.05) is 12.4 Å². The molecule has 0 amide bonds. The van der Waals surface area contributed by atoms with Crippen LogP contribution < -0.4 is 14.8 Å². The number of ether oxygens (including phenoxy) is 2. The van der Waals surface area contributed by atoms with Crippen LogP contribution in [0.5, 0.6) is 11.5 Å². The number of Topliss-reactive ketones (excluding diaryl/α,β-unsaturated/α-hetero) is 1. The highest BCUT2D eigenvalue weighted by Crippen LogP contribution is 2.41. The maximum atomic E-state index is 12.8. The third-order valence-electron chi connectivity index (χ3n) is 5.83. The van der Waals surface area contributed by atoms with Crippen molar-refractivity contribution >= 4 is 11.7 Å². The average molecular weight is 416 g/mol. The molecule has 2 heterocycles. The first-order chi connectivity index (χ1) is 15.1. The number of nitrogens with one attached hydrogen (secondary N) is 1. The molecule has 1 atom stereocenters. The summed E-state index contributed by atoms with van der Waals surface area (Å²) in [6.45, 7) is 2.51. The number of aryl methyl sites for hydroxylation is 1. The van der Waals surface area contributed by atoms with Gasteiger partial charge in [-0.2, -0.15) is 10.1 Å². The second kappa shape index (κ2) is 7.91. The summed E-state index contributed by atoms with van der Waals surface area (Å²) >= 11 is 0. The molecule has 0 saturated heterocycles. The van der Waals surface area contributed by atoms with Gasteiger partial charge in [0.15, 0.2) is 17.3 Å². The van der Waals surface area contributed by atoms with Gasteiger partial charge in [0.1, 0.15) is 19.0 Å². The standard InChI is InChI=1S/C24H24N4O3/c1-15-6-8-16(9-7-15)13-31-20-11-10-17(12-21(20)30-2)23-22-18(4-3-5-19(22)29)27-24-25-14-26-28(23)24/h6-12,14,23H,3-5,13H2,1-2H3,(H,25,26,27)/t23-/m1/s1. The van der Waals surface area contributed by atoms with Crippen LogP contribution in [0.4, 0.5) is 5.95 Å². The quantitative estimate of drug-likeness (QED) is 0.672. The molecular formula is C24H24N4O3. The first-order valence-corrected chi connectivity index (χ1v) is 10.4. The Bertz CT molecular complexity index is 1160. The summed E-state index contributed by atoms with van der Waals surface area (Å²) in [6, 6.07) is 13.7. The molecule has 5 rings (SSSR count). The molecule has 1 aromatic heterocycles. The molecule has 7 heteroatoms. The van der Waals surface area contributed by atoms with E-state index in [1.165, 1.54) is 11.9 Å². The molecule has 31 heavy (non-hydrogen) atoms. The van der Waals surface area contributed by atoms with E-state index in [-0.39, 0.29) is 11.8 Å². The van der Waals surface area contributed by atoms with Gasteiger partial charge < -0.3 is 14.8 Å². The van der Waals surface area contributed by atoms with Crippen molar-refractivity contribution < 1.29 is 14.3 Å². The van der Waals surface area contributed by atoms with Gasteiger partial charge in [0, 0.05) is 17.7 Å². The first kappa shape index (κ1) is 19.4. The van der Waals surface area contributed by atoms with Gasteiger partial charge >= 0.3 is 0 Å². The van der Waals surface area contributed by atoms with Crippen LogP contribution in [0.15, 0.2) is 60.1 Å². The molecule has 0 radical (unpaired) electrons. The zero-order valence-electron chi connectivity index (χ0n) is 17.6.